The summed E-state index contributed by atoms with van der Waals surface area (Å²) < 4.78 is 5.99. The summed E-state index contributed by atoms with van der Waals surface area (Å²) in [7, 11) is 1.55. The Hall–Kier alpha value is -0.800. The summed E-state index contributed by atoms with van der Waals surface area (Å²) in [5, 5.41) is 0.359. The van der Waals surface area contributed by atoms with Crippen LogP contribution in [0.15, 0.2) is 28.7 Å². The number of carbonyl (C=O) groups is 1. The first-order chi connectivity index (χ1) is 6.69. The van der Waals surface area contributed by atoms with Crippen molar-refractivity contribution in [3.63, 3.8) is 0 Å². The summed E-state index contributed by atoms with van der Waals surface area (Å²) in [5.41, 5.74) is 0.690. The van der Waals surface area contributed by atoms with Crippen molar-refractivity contribution in [2.75, 3.05) is 7.11 Å². The number of rotatable bonds is 3. The monoisotopic (exact) mass is 274 g/mol. The molecule has 0 saturated carbocycles. The van der Waals surface area contributed by atoms with Crippen LogP contribution in [0, 0.1) is 0 Å². The van der Waals surface area contributed by atoms with E-state index >= 15 is 0 Å². The van der Waals surface area contributed by atoms with E-state index in [-0.39, 0.29) is 0 Å². The minimum Gasteiger partial charge on any atom is -0.496 e. The molecular weight excluding hydrogens is 267 g/mol. The fourth-order valence-corrected chi connectivity index (χ4v) is 1.58. The van der Waals surface area contributed by atoms with Crippen LogP contribution in [0.3, 0.4) is 0 Å². The molecule has 0 unspecified atom stereocenters. The van der Waals surface area contributed by atoms with Gasteiger partial charge in [0.05, 0.1) is 12.1 Å². The van der Waals surface area contributed by atoms with Gasteiger partial charge in [-0.15, -0.1) is 0 Å². The Morgan fingerprint density at radius 1 is 1.57 bits per heavy atom. The lowest BCUT2D eigenvalue weighted by Gasteiger charge is -2.07. The fraction of sp³-hybridized carbons (Fsp3) is 0.100. The third-order valence-corrected chi connectivity index (χ3v) is 2.46. The van der Waals surface area contributed by atoms with Gasteiger partial charge < -0.3 is 4.74 Å². The number of carbonyl (C=O) groups excluding carboxylic acids is 1. The number of halogens is 2. The Bertz CT molecular complexity index is 374. The van der Waals surface area contributed by atoms with Gasteiger partial charge in [0.1, 0.15) is 12.0 Å². The Balaban J connectivity index is 3.23. The van der Waals surface area contributed by atoms with Gasteiger partial charge in [-0.25, -0.2) is 0 Å². The molecule has 0 aliphatic rings. The highest BCUT2D eigenvalue weighted by Crippen LogP contribution is 2.30. The van der Waals surface area contributed by atoms with Crippen LogP contribution in [0.25, 0.3) is 5.03 Å². The van der Waals surface area contributed by atoms with E-state index in [1.54, 1.807) is 19.2 Å². The summed E-state index contributed by atoms with van der Waals surface area (Å²) in [6, 6.07) is 5.41. The second kappa shape index (κ2) is 5.17. The highest BCUT2D eigenvalue weighted by molar-refractivity contribution is 9.10. The van der Waals surface area contributed by atoms with Crippen molar-refractivity contribution in [3.8, 4) is 5.75 Å². The highest BCUT2D eigenvalue weighted by Gasteiger charge is 2.06. The van der Waals surface area contributed by atoms with E-state index in [1.165, 1.54) is 6.08 Å². The number of hydrogen-bond donors (Lipinski definition) is 0. The van der Waals surface area contributed by atoms with Gasteiger partial charge >= 0.3 is 0 Å². The summed E-state index contributed by atoms with van der Waals surface area (Å²) in [4.78, 5) is 10.3. The average molecular weight is 276 g/mol. The van der Waals surface area contributed by atoms with Crippen LogP contribution in [-0.4, -0.2) is 13.4 Å². The smallest absolute Gasteiger partial charge is 0.144 e. The van der Waals surface area contributed by atoms with Crippen LogP contribution in [0.5, 0.6) is 5.75 Å². The second-order valence-corrected chi connectivity index (χ2v) is 3.82. The maximum atomic E-state index is 10.3. The molecular formula is C10H8BrClO2. The lowest BCUT2D eigenvalue weighted by atomic mass is 10.2. The maximum Gasteiger partial charge on any atom is 0.144 e. The maximum absolute atomic E-state index is 10.3. The molecule has 0 amide bonds. The average Bonchev–Trinajstić information content (AvgIpc) is 2.18. The van der Waals surface area contributed by atoms with Crippen molar-refractivity contribution in [3.05, 3.63) is 34.3 Å². The van der Waals surface area contributed by atoms with Gasteiger partial charge in [0.2, 0.25) is 0 Å². The standard InChI is InChI=1S/C10H8BrClO2/c1-14-10-3-2-7(11)6-8(10)9(12)4-5-13/h2-6H,1H3/b9-4-. The van der Waals surface area contributed by atoms with Gasteiger partial charge in [0, 0.05) is 10.0 Å². The van der Waals surface area contributed by atoms with Gasteiger partial charge in [-0.2, -0.15) is 0 Å². The first kappa shape index (κ1) is 11.3. The van der Waals surface area contributed by atoms with Gasteiger partial charge in [-0.1, -0.05) is 27.5 Å². The summed E-state index contributed by atoms with van der Waals surface area (Å²) in [5.74, 6) is 0.635. The molecule has 0 heterocycles. The molecule has 0 radical (unpaired) electrons. The highest BCUT2D eigenvalue weighted by atomic mass is 79.9. The van der Waals surface area contributed by atoms with Crippen molar-refractivity contribution in [1.82, 2.24) is 0 Å². The molecule has 4 heteroatoms. The van der Waals surface area contributed by atoms with Crippen LogP contribution in [-0.2, 0) is 4.79 Å². The quantitative estimate of drug-likeness (QED) is 0.625. The molecule has 14 heavy (non-hydrogen) atoms. The van der Waals surface area contributed by atoms with Gasteiger partial charge in [-0.05, 0) is 24.3 Å². The van der Waals surface area contributed by atoms with Crippen molar-refractivity contribution in [2.24, 2.45) is 0 Å². The lowest BCUT2D eigenvalue weighted by molar-refractivity contribution is -0.104. The van der Waals surface area contributed by atoms with Gasteiger partial charge in [-0.3, -0.25) is 4.79 Å². The molecule has 0 aliphatic carbocycles. The van der Waals surface area contributed by atoms with E-state index in [2.05, 4.69) is 15.9 Å². The number of benzene rings is 1. The van der Waals surface area contributed by atoms with E-state index in [1.807, 2.05) is 6.07 Å². The molecule has 1 aromatic rings. The van der Waals surface area contributed by atoms with Crippen LogP contribution < -0.4 is 4.74 Å². The molecule has 0 aliphatic heterocycles. The van der Waals surface area contributed by atoms with Crippen molar-refractivity contribution >= 4 is 38.8 Å². The topological polar surface area (TPSA) is 26.3 Å². The minimum absolute atomic E-state index is 0.359. The number of hydrogen-bond acceptors (Lipinski definition) is 2. The van der Waals surface area contributed by atoms with Gasteiger partial charge in [0.15, 0.2) is 0 Å². The zero-order valence-corrected chi connectivity index (χ0v) is 9.80. The molecule has 1 aromatic carbocycles. The largest absolute Gasteiger partial charge is 0.496 e. The Morgan fingerprint density at radius 3 is 2.86 bits per heavy atom. The third kappa shape index (κ3) is 2.59. The van der Waals surface area contributed by atoms with Crippen LogP contribution in [0.1, 0.15) is 5.56 Å². The molecule has 0 fully saturated rings. The van der Waals surface area contributed by atoms with Crippen LogP contribution in [0.4, 0.5) is 0 Å². The van der Waals surface area contributed by atoms with Crippen molar-refractivity contribution < 1.29 is 9.53 Å². The molecule has 0 aromatic heterocycles. The Labute approximate surface area is 95.6 Å². The van der Waals surface area contributed by atoms with E-state index in [0.29, 0.717) is 22.6 Å². The van der Waals surface area contributed by atoms with E-state index in [0.717, 1.165) is 4.47 Å². The molecule has 74 valence electrons. The normalized spacial score (nSPS) is 11.2. The number of ether oxygens (including phenoxy) is 1. The van der Waals surface area contributed by atoms with Crippen LogP contribution >= 0.6 is 27.5 Å². The van der Waals surface area contributed by atoms with Crippen LogP contribution in [0.2, 0.25) is 0 Å². The van der Waals surface area contributed by atoms with E-state index in [9.17, 15) is 4.79 Å². The first-order valence-corrected chi connectivity index (χ1v) is 5.01. The lowest BCUT2D eigenvalue weighted by Crippen LogP contribution is -1.89. The minimum atomic E-state index is 0.359. The zero-order valence-electron chi connectivity index (χ0n) is 7.46. The van der Waals surface area contributed by atoms with Crippen molar-refractivity contribution in [1.29, 1.82) is 0 Å². The number of allylic oxidation sites excluding steroid dienone is 1. The van der Waals surface area contributed by atoms with E-state index < -0.39 is 0 Å². The summed E-state index contributed by atoms with van der Waals surface area (Å²) in [6.45, 7) is 0. The van der Waals surface area contributed by atoms with E-state index in [4.69, 9.17) is 16.3 Å². The molecule has 0 spiro atoms. The van der Waals surface area contributed by atoms with Crippen molar-refractivity contribution in [2.45, 2.75) is 0 Å². The predicted octanol–water partition coefficient (Wildman–Crippen LogP) is 3.24. The molecule has 1 rings (SSSR count). The molecule has 0 saturated heterocycles. The molecule has 2 nitrogen and oxygen atoms in total. The molecule has 0 bridgehead atoms. The predicted molar refractivity (Wildman–Crippen MR) is 60.6 cm³/mol. The number of methoxy groups -OCH3 is 1. The zero-order chi connectivity index (χ0) is 10.6. The third-order valence-electron chi connectivity index (χ3n) is 1.63. The Kier molecular flexibility index (Phi) is 4.17. The van der Waals surface area contributed by atoms with Gasteiger partial charge in [0.25, 0.3) is 0 Å². The SMILES string of the molecule is COc1ccc(Br)cc1/C(Cl)=C/C=O. The molecule has 0 N–H and O–H groups in total. The fourth-order valence-electron chi connectivity index (χ4n) is 1.02. The summed E-state index contributed by atoms with van der Waals surface area (Å²) in [6.07, 6.45) is 1.93. The first-order valence-electron chi connectivity index (χ1n) is 3.84. The number of aldehydes is 1. The summed E-state index contributed by atoms with van der Waals surface area (Å²) >= 11 is 9.21. The molecule has 0 atom stereocenters. The second-order valence-electron chi connectivity index (χ2n) is 2.50. The Morgan fingerprint density at radius 2 is 2.29 bits per heavy atom.